The topological polar surface area (TPSA) is 72.2 Å². The van der Waals surface area contributed by atoms with Crippen LogP contribution in [0.4, 0.5) is 13.2 Å². The molecule has 1 aliphatic carbocycles. The van der Waals surface area contributed by atoms with Crippen LogP contribution in [0.25, 0.3) is 5.78 Å². The molecule has 0 atom stereocenters. The van der Waals surface area contributed by atoms with Crippen LogP contribution in [0.3, 0.4) is 0 Å². The predicted octanol–water partition coefficient (Wildman–Crippen LogP) is 1.83. The first-order chi connectivity index (χ1) is 10.8. The number of halogens is 3. The van der Waals surface area contributed by atoms with Crippen molar-refractivity contribution in [2.24, 2.45) is 5.92 Å². The minimum atomic E-state index is -4.63. The van der Waals surface area contributed by atoms with Gasteiger partial charge in [0.15, 0.2) is 0 Å². The number of aromatic nitrogens is 4. The lowest BCUT2D eigenvalue weighted by molar-refractivity contribution is -0.144. The second-order valence-electron chi connectivity index (χ2n) is 5.83. The number of aryl methyl sites for hydroxylation is 2. The molecule has 1 saturated carbocycles. The average molecular weight is 327 g/mol. The van der Waals surface area contributed by atoms with Gasteiger partial charge < -0.3 is 5.32 Å². The van der Waals surface area contributed by atoms with Gasteiger partial charge in [-0.1, -0.05) is 0 Å². The van der Waals surface area contributed by atoms with Crippen molar-refractivity contribution in [1.29, 1.82) is 0 Å². The SMILES string of the molecule is Cc1nc2nc(C(F)(F)F)nn2c(C)c1CC(=O)NCC1CC1. The van der Waals surface area contributed by atoms with Crippen LogP contribution in [-0.4, -0.2) is 32.0 Å². The van der Waals surface area contributed by atoms with Crippen molar-refractivity contribution < 1.29 is 18.0 Å². The van der Waals surface area contributed by atoms with Crippen LogP contribution < -0.4 is 5.32 Å². The van der Waals surface area contributed by atoms with Crippen molar-refractivity contribution >= 4 is 11.7 Å². The summed E-state index contributed by atoms with van der Waals surface area (Å²) < 4.78 is 39.2. The molecule has 0 radical (unpaired) electrons. The molecule has 0 saturated heterocycles. The molecular formula is C14H16F3N5O. The number of carbonyl (C=O) groups excluding carboxylic acids is 1. The molecule has 0 aliphatic heterocycles. The summed E-state index contributed by atoms with van der Waals surface area (Å²) >= 11 is 0. The zero-order valence-electron chi connectivity index (χ0n) is 12.7. The zero-order valence-corrected chi connectivity index (χ0v) is 12.7. The summed E-state index contributed by atoms with van der Waals surface area (Å²) in [5.41, 5.74) is 1.50. The maximum Gasteiger partial charge on any atom is 0.453 e. The molecule has 3 rings (SSSR count). The standard InChI is InChI=1S/C14H16F3N5O/c1-7-10(5-11(23)18-6-9-3-4-9)8(2)22-13(19-7)20-12(21-22)14(15,16)17/h9H,3-6H2,1-2H3,(H,18,23). The Labute approximate surface area is 130 Å². The third-order valence-electron chi connectivity index (χ3n) is 3.92. The summed E-state index contributed by atoms with van der Waals surface area (Å²) in [4.78, 5) is 19.4. The quantitative estimate of drug-likeness (QED) is 0.930. The molecule has 0 aromatic carbocycles. The van der Waals surface area contributed by atoms with Crippen molar-refractivity contribution in [1.82, 2.24) is 24.9 Å². The Morgan fingerprint density at radius 3 is 2.61 bits per heavy atom. The number of nitrogens with zero attached hydrogens (tertiary/aromatic N) is 4. The lowest BCUT2D eigenvalue weighted by atomic mass is 10.1. The highest BCUT2D eigenvalue weighted by atomic mass is 19.4. The van der Waals surface area contributed by atoms with E-state index in [1.54, 1.807) is 13.8 Å². The van der Waals surface area contributed by atoms with Gasteiger partial charge in [0.25, 0.3) is 11.6 Å². The number of nitrogens with one attached hydrogen (secondary N) is 1. The number of hydrogen-bond acceptors (Lipinski definition) is 4. The van der Waals surface area contributed by atoms with Crippen LogP contribution >= 0.6 is 0 Å². The molecule has 9 heteroatoms. The fourth-order valence-corrected chi connectivity index (χ4v) is 2.39. The molecule has 6 nitrogen and oxygen atoms in total. The van der Waals surface area contributed by atoms with Crippen LogP contribution in [0, 0.1) is 19.8 Å². The Bertz CT molecular complexity index is 764. The van der Waals surface area contributed by atoms with Crippen molar-refractivity contribution in [3.05, 3.63) is 22.8 Å². The highest BCUT2D eigenvalue weighted by molar-refractivity contribution is 5.79. The van der Waals surface area contributed by atoms with Gasteiger partial charge in [0.1, 0.15) is 0 Å². The monoisotopic (exact) mass is 327 g/mol. The molecule has 2 aromatic rings. The molecule has 2 aromatic heterocycles. The number of fused-ring (bicyclic) bond motifs is 1. The van der Waals surface area contributed by atoms with Gasteiger partial charge in [0, 0.05) is 23.5 Å². The molecule has 1 fully saturated rings. The zero-order chi connectivity index (χ0) is 16.8. The minimum absolute atomic E-state index is 0.0640. The van der Waals surface area contributed by atoms with Crippen molar-refractivity contribution in [3.63, 3.8) is 0 Å². The molecular weight excluding hydrogens is 311 g/mol. The molecule has 23 heavy (non-hydrogen) atoms. The van der Waals surface area contributed by atoms with Crippen LogP contribution in [0.2, 0.25) is 0 Å². The lowest BCUT2D eigenvalue weighted by Gasteiger charge is -2.10. The van der Waals surface area contributed by atoms with Crippen LogP contribution in [0.5, 0.6) is 0 Å². The van der Waals surface area contributed by atoms with E-state index in [9.17, 15) is 18.0 Å². The number of alkyl halides is 3. The highest BCUT2D eigenvalue weighted by Gasteiger charge is 2.37. The Balaban J connectivity index is 1.88. The van der Waals surface area contributed by atoms with Gasteiger partial charge in [0.05, 0.1) is 6.42 Å². The molecule has 0 spiro atoms. The third-order valence-corrected chi connectivity index (χ3v) is 3.92. The van der Waals surface area contributed by atoms with Crippen molar-refractivity contribution in [3.8, 4) is 0 Å². The normalized spacial score (nSPS) is 15.2. The number of amides is 1. The van der Waals surface area contributed by atoms with E-state index in [-0.39, 0.29) is 18.1 Å². The van der Waals surface area contributed by atoms with E-state index in [4.69, 9.17) is 0 Å². The third kappa shape index (κ3) is 3.27. The summed E-state index contributed by atoms with van der Waals surface area (Å²) in [6.07, 6.45) is -2.31. The van der Waals surface area contributed by atoms with E-state index in [2.05, 4.69) is 20.4 Å². The minimum Gasteiger partial charge on any atom is -0.356 e. The van der Waals surface area contributed by atoms with Gasteiger partial charge in [-0.15, -0.1) is 5.10 Å². The first-order valence-electron chi connectivity index (χ1n) is 7.32. The van der Waals surface area contributed by atoms with Gasteiger partial charge in [-0.25, -0.2) is 9.50 Å². The van der Waals surface area contributed by atoms with E-state index in [0.717, 1.165) is 17.4 Å². The fraction of sp³-hybridized carbons (Fsp3) is 0.571. The van der Waals surface area contributed by atoms with E-state index in [1.165, 1.54) is 0 Å². The fourth-order valence-electron chi connectivity index (χ4n) is 2.39. The molecule has 124 valence electrons. The number of carbonyl (C=O) groups is 1. The summed E-state index contributed by atoms with van der Waals surface area (Å²) in [5, 5.41) is 6.30. The summed E-state index contributed by atoms with van der Waals surface area (Å²) in [6, 6.07) is 0. The van der Waals surface area contributed by atoms with Gasteiger partial charge in [-0.2, -0.15) is 18.2 Å². The van der Waals surface area contributed by atoms with Crippen LogP contribution in [0.15, 0.2) is 0 Å². The first-order valence-corrected chi connectivity index (χ1v) is 7.32. The Kier molecular flexibility index (Phi) is 3.73. The smallest absolute Gasteiger partial charge is 0.356 e. The van der Waals surface area contributed by atoms with Gasteiger partial charge >= 0.3 is 6.18 Å². The number of hydrogen-bond donors (Lipinski definition) is 1. The second kappa shape index (κ2) is 5.47. The molecule has 1 N–H and O–H groups in total. The highest BCUT2D eigenvalue weighted by Crippen LogP contribution is 2.28. The van der Waals surface area contributed by atoms with E-state index >= 15 is 0 Å². The molecule has 1 amide bonds. The van der Waals surface area contributed by atoms with Crippen molar-refractivity contribution in [2.75, 3.05) is 6.54 Å². The van der Waals surface area contributed by atoms with Gasteiger partial charge in [0.2, 0.25) is 5.91 Å². The maximum absolute atomic E-state index is 12.7. The van der Waals surface area contributed by atoms with Crippen molar-refractivity contribution in [2.45, 2.75) is 39.3 Å². The Morgan fingerprint density at radius 2 is 2.00 bits per heavy atom. The lowest BCUT2D eigenvalue weighted by Crippen LogP contribution is -2.28. The van der Waals surface area contributed by atoms with Gasteiger partial charge in [-0.3, -0.25) is 4.79 Å². The summed E-state index contributed by atoms with van der Waals surface area (Å²) in [6.45, 7) is 3.91. The second-order valence-corrected chi connectivity index (χ2v) is 5.83. The maximum atomic E-state index is 12.7. The Hall–Kier alpha value is -2.19. The number of rotatable bonds is 4. The molecule has 1 aliphatic rings. The van der Waals surface area contributed by atoms with Crippen LogP contribution in [0.1, 0.15) is 35.6 Å². The Morgan fingerprint density at radius 1 is 1.30 bits per heavy atom. The largest absolute Gasteiger partial charge is 0.453 e. The van der Waals surface area contributed by atoms with Crippen LogP contribution in [-0.2, 0) is 17.4 Å². The average Bonchev–Trinajstić information content (AvgIpc) is 3.18. The summed E-state index contributed by atoms with van der Waals surface area (Å²) in [7, 11) is 0. The molecule has 0 bridgehead atoms. The molecule has 2 heterocycles. The van der Waals surface area contributed by atoms with E-state index in [1.807, 2.05) is 0 Å². The first kappa shape index (κ1) is 15.7. The van der Waals surface area contributed by atoms with Gasteiger partial charge in [-0.05, 0) is 32.6 Å². The summed E-state index contributed by atoms with van der Waals surface area (Å²) in [5.74, 6) is -0.955. The van der Waals surface area contributed by atoms with E-state index in [0.29, 0.717) is 29.4 Å². The molecule has 0 unspecified atom stereocenters. The predicted molar refractivity (Wildman–Crippen MR) is 74.7 cm³/mol. The van der Waals surface area contributed by atoms with E-state index < -0.39 is 12.0 Å².